The van der Waals surface area contributed by atoms with Crippen molar-refractivity contribution in [1.82, 2.24) is 0 Å². The molecule has 3 heteroatoms. The van der Waals surface area contributed by atoms with Gasteiger partial charge in [-0.25, -0.2) is 0 Å². The van der Waals surface area contributed by atoms with Crippen molar-refractivity contribution >= 4 is 0 Å². The Balaban J connectivity index is 3.10. The van der Waals surface area contributed by atoms with E-state index in [9.17, 15) is 0 Å². The highest BCUT2D eigenvalue weighted by molar-refractivity contribution is 4.42. The van der Waals surface area contributed by atoms with Crippen molar-refractivity contribution in [3.63, 3.8) is 0 Å². The van der Waals surface area contributed by atoms with E-state index in [2.05, 4.69) is 31.8 Å². The Labute approximate surface area is 115 Å². The lowest BCUT2D eigenvalue weighted by atomic mass is 10.1. The molecule has 0 aliphatic heterocycles. The van der Waals surface area contributed by atoms with Gasteiger partial charge in [-0.3, -0.25) is 0 Å². The molecule has 0 aromatic carbocycles. The first-order chi connectivity index (χ1) is 8.81. The third-order valence-electron chi connectivity index (χ3n) is 3.69. The standard InChI is InChI=1S/C15H35N3/c1-16-12-8-4-6-10-14-18(3)15-11-7-5-9-13-17-2/h16-17H,4-15H2,1-3H3/p+3. The zero-order valence-corrected chi connectivity index (χ0v) is 13.1. The molecule has 0 bridgehead atoms. The van der Waals surface area contributed by atoms with Gasteiger partial charge in [0, 0.05) is 0 Å². The molecule has 0 aliphatic carbocycles. The lowest BCUT2D eigenvalue weighted by Crippen LogP contribution is -3.09. The molecule has 18 heavy (non-hydrogen) atoms. The largest absolute Gasteiger partial charge is 0.349 e. The summed E-state index contributed by atoms with van der Waals surface area (Å²) in [6.07, 6.45) is 11.3. The maximum absolute atomic E-state index is 2.36. The Morgan fingerprint density at radius 3 is 1.39 bits per heavy atom. The van der Waals surface area contributed by atoms with Crippen LogP contribution >= 0.6 is 0 Å². The smallest absolute Gasteiger partial charge is 0.0768 e. The molecular formula is C15H38N3+3. The predicted molar refractivity (Wildman–Crippen MR) is 79.0 cm³/mol. The van der Waals surface area contributed by atoms with Gasteiger partial charge in [-0.1, -0.05) is 0 Å². The van der Waals surface area contributed by atoms with Gasteiger partial charge in [-0.05, 0) is 51.4 Å². The van der Waals surface area contributed by atoms with Crippen molar-refractivity contribution < 1.29 is 15.5 Å². The summed E-state index contributed by atoms with van der Waals surface area (Å²) in [5.74, 6) is 0. The SMILES string of the molecule is C[NH2+]CCCCCC[NH+](C)CCCCCC[NH2+]C. The van der Waals surface area contributed by atoms with E-state index < -0.39 is 0 Å². The molecule has 0 amide bonds. The number of hydrogen-bond acceptors (Lipinski definition) is 0. The second kappa shape index (κ2) is 14.9. The van der Waals surface area contributed by atoms with Crippen LogP contribution in [0.3, 0.4) is 0 Å². The first-order valence-corrected chi connectivity index (χ1v) is 8.18. The van der Waals surface area contributed by atoms with Gasteiger partial charge in [-0.15, -0.1) is 0 Å². The maximum atomic E-state index is 2.36. The summed E-state index contributed by atoms with van der Waals surface area (Å²) in [7, 11) is 6.69. The Morgan fingerprint density at radius 2 is 1.00 bits per heavy atom. The Bertz CT molecular complexity index is 135. The highest BCUT2D eigenvalue weighted by Crippen LogP contribution is 1.97. The number of rotatable bonds is 14. The first-order valence-electron chi connectivity index (χ1n) is 8.18. The third-order valence-corrected chi connectivity index (χ3v) is 3.69. The molecule has 0 saturated carbocycles. The van der Waals surface area contributed by atoms with Crippen molar-refractivity contribution in [2.24, 2.45) is 0 Å². The second-order valence-electron chi connectivity index (χ2n) is 5.68. The second-order valence-corrected chi connectivity index (χ2v) is 5.68. The lowest BCUT2D eigenvalue weighted by molar-refractivity contribution is -0.880. The summed E-state index contributed by atoms with van der Waals surface area (Å²) in [6, 6.07) is 0. The third kappa shape index (κ3) is 13.9. The van der Waals surface area contributed by atoms with Crippen LogP contribution in [-0.4, -0.2) is 47.3 Å². The average Bonchev–Trinajstić information content (AvgIpc) is 2.38. The fourth-order valence-electron chi connectivity index (χ4n) is 2.38. The average molecular weight is 260 g/mol. The Kier molecular flexibility index (Phi) is 14.8. The van der Waals surface area contributed by atoms with Gasteiger partial charge in [0.05, 0.1) is 47.3 Å². The molecule has 0 rings (SSSR count). The lowest BCUT2D eigenvalue weighted by Gasteiger charge is -2.13. The van der Waals surface area contributed by atoms with Gasteiger partial charge in [0.25, 0.3) is 0 Å². The molecule has 0 atom stereocenters. The van der Waals surface area contributed by atoms with Gasteiger partial charge >= 0.3 is 0 Å². The van der Waals surface area contributed by atoms with Crippen LogP contribution in [0.1, 0.15) is 51.4 Å². The van der Waals surface area contributed by atoms with Crippen LogP contribution < -0.4 is 15.5 Å². The summed E-state index contributed by atoms with van der Waals surface area (Å²) in [6.45, 7) is 5.35. The molecule has 0 spiro atoms. The quantitative estimate of drug-likeness (QED) is 0.336. The predicted octanol–water partition coefficient (Wildman–Crippen LogP) is -0.992. The highest BCUT2D eigenvalue weighted by Gasteiger charge is 2.01. The van der Waals surface area contributed by atoms with Crippen LogP contribution in [0.2, 0.25) is 0 Å². The van der Waals surface area contributed by atoms with E-state index in [1.54, 1.807) is 4.90 Å². The van der Waals surface area contributed by atoms with E-state index in [0.29, 0.717) is 0 Å². The van der Waals surface area contributed by atoms with Crippen molar-refractivity contribution in [1.29, 1.82) is 0 Å². The summed E-state index contributed by atoms with van der Waals surface area (Å²) < 4.78 is 0. The van der Waals surface area contributed by atoms with Gasteiger partial charge < -0.3 is 15.5 Å². The van der Waals surface area contributed by atoms with Gasteiger partial charge in [0.1, 0.15) is 0 Å². The summed E-state index contributed by atoms with van der Waals surface area (Å²) in [5, 5.41) is 4.57. The molecule has 3 nitrogen and oxygen atoms in total. The first kappa shape index (κ1) is 17.9. The molecule has 0 saturated heterocycles. The zero-order valence-electron chi connectivity index (χ0n) is 13.1. The molecule has 0 heterocycles. The van der Waals surface area contributed by atoms with Crippen LogP contribution in [0.4, 0.5) is 0 Å². The molecule has 110 valence electrons. The molecule has 0 fully saturated rings. The molecule has 5 N–H and O–H groups in total. The number of hydrogen-bond donors (Lipinski definition) is 3. The monoisotopic (exact) mass is 260 g/mol. The van der Waals surface area contributed by atoms with Crippen molar-refractivity contribution in [3.05, 3.63) is 0 Å². The van der Waals surface area contributed by atoms with E-state index in [1.807, 2.05) is 0 Å². The number of unbranched alkanes of at least 4 members (excludes halogenated alkanes) is 6. The van der Waals surface area contributed by atoms with Crippen LogP contribution in [0, 0.1) is 0 Å². The van der Waals surface area contributed by atoms with Crippen molar-refractivity contribution in [2.75, 3.05) is 47.3 Å². The molecule has 0 aromatic heterocycles. The van der Waals surface area contributed by atoms with E-state index in [4.69, 9.17) is 0 Å². The summed E-state index contributed by atoms with van der Waals surface area (Å²) >= 11 is 0. The highest BCUT2D eigenvalue weighted by atomic mass is 15.1. The molecular weight excluding hydrogens is 222 g/mol. The number of nitrogens with two attached hydrogens (primary N) is 2. The zero-order chi connectivity index (χ0) is 13.5. The molecule has 0 aromatic rings. The van der Waals surface area contributed by atoms with Crippen LogP contribution in [0.15, 0.2) is 0 Å². The fourth-order valence-corrected chi connectivity index (χ4v) is 2.38. The minimum absolute atomic E-state index is 1.30. The van der Waals surface area contributed by atoms with E-state index in [1.165, 1.54) is 77.5 Å². The van der Waals surface area contributed by atoms with E-state index in [-0.39, 0.29) is 0 Å². The number of quaternary nitrogens is 3. The maximum Gasteiger partial charge on any atom is 0.0768 e. The number of nitrogens with one attached hydrogen (secondary N) is 1. The summed E-state index contributed by atoms with van der Waals surface area (Å²) in [5.41, 5.74) is 0. The molecule has 0 unspecified atom stereocenters. The van der Waals surface area contributed by atoms with Crippen LogP contribution in [0.5, 0.6) is 0 Å². The van der Waals surface area contributed by atoms with Crippen LogP contribution in [0.25, 0.3) is 0 Å². The van der Waals surface area contributed by atoms with Crippen molar-refractivity contribution in [2.45, 2.75) is 51.4 Å². The van der Waals surface area contributed by atoms with E-state index >= 15 is 0 Å². The molecule has 0 aliphatic rings. The van der Waals surface area contributed by atoms with Crippen molar-refractivity contribution in [3.8, 4) is 0 Å². The minimum atomic E-state index is 1.30. The topological polar surface area (TPSA) is 37.7 Å². The molecule has 0 radical (unpaired) electrons. The Morgan fingerprint density at radius 1 is 0.611 bits per heavy atom. The minimum Gasteiger partial charge on any atom is -0.349 e. The summed E-state index contributed by atoms with van der Waals surface area (Å²) in [4.78, 5) is 1.74. The fraction of sp³-hybridized carbons (Fsp3) is 1.00. The normalized spacial score (nSPS) is 11.3. The van der Waals surface area contributed by atoms with Crippen LogP contribution in [-0.2, 0) is 0 Å². The van der Waals surface area contributed by atoms with Gasteiger partial charge in [0.2, 0.25) is 0 Å². The van der Waals surface area contributed by atoms with E-state index in [0.717, 1.165) is 0 Å². The van der Waals surface area contributed by atoms with Gasteiger partial charge in [0.15, 0.2) is 0 Å². The Hall–Kier alpha value is -0.120. The van der Waals surface area contributed by atoms with Gasteiger partial charge in [-0.2, -0.15) is 0 Å².